The van der Waals surface area contributed by atoms with Gasteiger partial charge in [0.25, 0.3) is 0 Å². The Balaban J connectivity index is 1.40. The minimum absolute atomic E-state index is 0.0222. The summed E-state index contributed by atoms with van der Waals surface area (Å²) >= 11 is 0. The molecule has 5 rings (SSSR count). The minimum atomic E-state index is -0.248. The van der Waals surface area contributed by atoms with E-state index < -0.39 is 0 Å². The molecule has 30 heavy (non-hydrogen) atoms. The van der Waals surface area contributed by atoms with Crippen molar-refractivity contribution in [3.63, 3.8) is 0 Å². The predicted molar refractivity (Wildman–Crippen MR) is 112 cm³/mol. The fourth-order valence-electron chi connectivity index (χ4n) is 5.51. The zero-order valence-corrected chi connectivity index (χ0v) is 17.7. The number of nitrogens with zero attached hydrogens (tertiary/aromatic N) is 3. The number of fused-ring (bicyclic) bond motifs is 1. The third-order valence-electron chi connectivity index (χ3n) is 7.48. The van der Waals surface area contributed by atoms with Crippen molar-refractivity contribution >= 4 is 17.7 Å². The SMILES string of the molecule is CN(CC1CCC1)C(=O)[C@@H]1C[C@@H]2CN(C(=O)C3CC3)CC(=O)N2[C@@H]1c1ccccc1. The van der Waals surface area contributed by atoms with Gasteiger partial charge in [-0.1, -0.05) is 36.8 Å². The van der Waals surface area contributed by atoms with Gasteiger partial charge in [-0.3, -0.25) is 14.4 Å². The monoisotopic (exact) mass is 409 g/mol. The second-order valence-corrected chi connectivity index (χ2v) is 9.66. The number of rotatable bonds is 5. The molecule has 2 aliphatic heterocycles. The van der Waals surface area contributed by atoms with E-state index in [1.54, 1.807) is 4.90 Å². The molecular formula is C24H31N3O3. The number of hydrogen-bond acceptors (Lipinski definition) is 3. The van der Waals surface area contributed by atoms with Crippen LogP contribution in [0.25, 0.3) is 0 Å². The molecule has 0 unspecified atom stereocenters. The maximum absolute atomic E-state index is 13.5. The number of hydrogen-bond donors (Lipinski definition) is 0. The van der Waals surface area contributed by atoms with Gasteiger partial charge in [-0.2, -0.15) is 0 Å². The van der Waals surface area contributed by atoms with Crippen LogP contribution < -0.4 is 0 Å². The Labute approximate surface area is 178 Å². The van der Waals surface area contributed by atoms with E-state index in [9.17, 15) is 14.4 Å². The number of piperazine rings is 1. The Morgan fingerprint density at radius 3 is 2.47 bits per heavy atom. The molecule has 1 aromatic carbocycles. The van der Waals surface area contributed by atoms with E-state index in [0.29, 0.717) is 18.9 Å². The average Bonchev–Trinajstić information content (AvgIpc) is 3.50. The van der Waals surface area contributed by atoms with Crippen molar-refractivity contribution < 1.29 is 14.4 Å². The molecular weight excluding hydrogens is 378 g/mol. The zero-order valence-electron chi connectivity index (χ0n) is 17.7. The molecule has 2 heterocycles. The Kier molecular flexibility index (Phi) is 5.03. The smallest absolute Gasteiger partial charge is 0.243 e. The highest BCUT2D eigenvalue weighted by Crippen LogP contribution is 2.44. The average molecular weight is 410 g/mol. The number of amides is 3. The first-order valence-corrected chi connectivity index (χ1v) is 11.4. The lowest BCUT2D eigenvalue weighted by Gasteiger charge is -2.40. The van der Waals surface area contributed by atoms with Crippen LogP contribution in [0.3, 0.4) is 0 Å². The molecule has 2 aliphatic carbocycles. The first-order valence-electron chi connectivity index (χ1n) is 11.4. The molecule has 3 atom stereocenters. The summed E-state index contributed by atoms with van der Waals surface area (Å²) in [6, 6.07) is 9.63. The lowest BCUT2D eigenvalue weighted by molar-refractivity contribution is -0.150. The molecule has 160 valence electrons. The number of benzene rings is 1. The van der Waals surface area contributed by atoms with Crippen molar-refractivity contribution in [3.8, 4) is 0 Å². The standard InChI is InChI=1S/C24H31N3O3/c1-25(13-16-6-5-7-16)24(30)20-12-19-14-26(23(29)18-10-11-18)15-21(28)27(19)22(20)17-8-3-2-4-9-17/h2-4,8-9,16,18-20,22H,5-7,10-15H2,1H3/t19-,20-,22-/m1/s1. The maximum Gasteiger partial charge on any atom is 0.243 e. The zero-order chi connectivity index (χ0) is 20.8. The van der Waals surface area contributed by atoms with Crippen molar-refractivity contribution in [1.82, 2.24) is 14.7 Å². The van der Waals surface area contributed by atoms with Gasteiger partial charge in [-0.05, 0) is 43.6 Å². The van der Waals surface area contributed by atoms with Crippen LogP contribution in [0.2, 0.25) is 0 Å². The van der Waals surface area contributed by atoms with Gasteiger partial charge in [-0.15, -0.1) is 0 Å². The van der Waals surface area contributed by atoms with Crippen molar-refractivity contribution in [2.75, 3.05) is 26.7 Å². The summed E-state index contributed by atoms with van der Waals surface area (Å²) in [5, 5.41) is 0. The number of carbonyl (C=O) groups excluding carboxylic acids is 3. The second kappa shape index (κ2) is 7.71. The van der Waals surface area contributed by atoms with Crippen LogP contribution in [-0.2, 0) is 14.4 Å². The molecule has 6 nitrogen and oxygen atoms in total. The molecule has 2 saturated carbocycles. The fraction of sp³-hybridized carbons (Fsp3) is 0.625. The molecule has 2 saturated heterocycles. The van der Waals surface area contributed by atoms with Crippen LogP contribution in [0.15, 0.2) is 30.3 Å². The molecule has 0 spiro atoms. The quantitative estimate of drug-likeness (QED) is 0.751. The van der Waals surface area contributed by atoms with Gasteiger partial charge in [0, 0.05) is 26.1 Å². The summed E-state index contributed by atoms with van der Waals surface area (Å²) in [5.41, 5.74) is 1.02. The fourth-order valence-corrected chi connectivity index (χ4v) is 5.51. The third kappa shape index (κ3) is 3.50. The summed E-state index contributed by atoms with van der Waals surface area (Å²) in [5.74, 6) is 0.718. The molecule has 0 aromatic heterocycles. The molecule has 6 heteroatoms. The van der Waals surface area contributed by atoms with Gasteiger partial charge in [0.2, 0.25) is 17.7 Å². The molecule has 0 N–H and O–H groups in total. The van der Waals surface area contributed by atoms with E-state index in [1.807, 2.05) is 47.2 Å². The summed E-state index contributed by atoms with van der Waals surface area (Å²) in [7, 11) is 1.91. The summed E-state index contributed by atoms with van der Waals surface area (Å²) in [6.45, 7) is 1.51. The van der Waals surface area contributed by atoms with E-state index in [0.717, 1.165) is 24.9 Å². The van der Waals surface area contributed by atoms with E-state index in [-0.39, 0.29) is 48.2 Å². The van der Waals surface area contributed by atoms with Crippen LogP contribution in [-0.4, -0.2) is 65.1 Å². The van der Waals surface area contributed by atoms with Gasteiger partial charge in [-0.25, -0.2) is 0 Å². The van der Waals surface area contributed by atoms with E-state index in [1.165, 1.54) is 19.3 Å². The molecule has 4 fully saturated rings. The number of carbonyl (C=O) groups is 3. The van der Waals surface area contributed by atoms with Crippen molar-refractivity contribution in [1.29, 1.82) is 0 Å². The van der Waals surface area contributed by atoms with Gasteiger partial charge in [0.15, 0.2) is 0 Å². The Morgan fingerprint density at radius 2 is 1.83 bits per heavy atom. The summed E-state index contributed by atoms with van der Waals surface area (Å²) < 4.78 is 0. The van der Waals surface area contributed by atoms with Gasteiger partial charge in [0.1, 0.15) is 0 Å². The van der Waals surface area contributed by atoms with E-state index in [4.69, 9.17) is 0 Å². The van der Waals surface area contributed by atoms with Crippen LogP contribution >= 0.6 is 0 Å². The molecule has 0 bridgehead atoms. The first kappa shape index (κ1) is 19.6. The topological polar surface area (TPSA) is 60.9 Å². The van der Waals surface area contributed by atoms with Gasteiger partial charge >= 0.3 is 0 Å². The predicted octanol–water partition coefficient (Wildman–Crippen LogP) is 2.46. The summed E-state index contributed by atoms with van der Waals surface area (Å²) in [4.78, 5) is 44.9. The van der Waals surface area contributed by atoms with Crippen LogP contribution in [0.1, 0.15) is 50.1 Å². The maximum atomic E-state index is 13.5. The highest BCUT2D eigenvalue weighted by atomic mass is 16.2. The van der Waals surface area contributed by atoms with Crippen LogP contribution in [0.5, 0.6) is 0 Å². The largest absolute Gasteiger partial charge is 0.345 e. The minimum Gasteiger partial charge on any atom is -0.345 e. The normalized spacial score (nSPS) is 28.8. The third-order valence-corrected chi connectivity index (χ3v) is 7.48. The summed E-state index contributed by atoms with van der Waals surface area (Å²) in [6.07, 6.45) is 6.19. The lowest BCUT2D eigenvalue weighted by Crippen LogP contribution is -2.56. The second-order valence-electron chi connectivity index (χ2n) is 9.66. The highest BCUT2D eigenvalue weighted by Gasteiger charge is 2.52. The van der Waals surface area contributed by atoms with E-state index >= 15 is 0 Å². The lowest BCUT2D eigenvalue weighted by atomic mass is 9.84. The van der Waals surface area contributed by atoms with Crippen molar-refractivity contribution in [3.05, 3.63) is 35.9 Å². The Morgan fingerprint density at radius 1 is 1.10 bits per heavy atom. The van der Waals surface area contributed by atoms with Crippen LogP contribution in [0, 0.1) is 17.8 Å². The van der Waals surface area contributed by atoms with Crippen LogP contribution in [0.4, 0.5) is 0 Å². The molecule has 1 aromatic rings. The molecule has 4 aliphatic rings. The molecule has 0 radical (unpaired) electrons. The highest BCUT2D eigenvalue weighted by molar-refractivity contribution is 5.90. The molecule has 3 amide bonds. The van der Waals surface area contributed by atoms with Crippen molar-refractivity contribution in [2.45, 2.75) is 50.6 Å². The van der Waals surface area contributed by atoms with Gasteiger partial charge < -0.3 is 14.7 Å². The Hall–Kier alpha value is -2.37. The first-order chi connectivity index (χ1) is 14.5. The van der Waals surface area contributed by atoms with Gasteiger partial charge in [0.05, 0.1) is 24.5 Å². The Bertz CT molecular complexity index is 833. The van der Waals surface area contributed by atoms with E-state index in [2.05, 4.69) is 0 Å². The van der Waals surface area contributed by atoms with Crippen molar-refractivity contribution in [2.24, 2.45) is 17.8 Å².